The molecule has 0 unspecified atom stereocenters. The van der Waals surface area contributed by atoms with E-state index in [0.717, 1.165) is 9.17 Å². The Labute approximate surface area is 154 Å². The molecule has 1 amide bonds. The van der Waals surface area contributed by atoms with Crippen LogP contribution in [0.2, 0.25) is 0 Å². The Morgan fingerprint density at radius 3 is 2.88 bits per heavy atom. The van der Waals surface area contributed by atoms with Crippen molar-refractivity contribution in [3.05, 3.63) is 70.3 Å². The molecule has 0 fully saturated rings. The van der Waals surface area contributed by atoms with Gasteiger partial charge in [0.2, 0.25) is 0 Å². The highest BCUT2D eigenvalue weighted by Crippen LogP contribution is 2.30. The van der Waals surface area contributed by atoms with Crippen molar-refractivity contribution in [3.8, 4) is 5.69 Å². The first-order chi connectivity index (χ1) is 12.1. The van der Waals surface area contributed by atoms with Crippen LogP contribution >= 0.6 is 27.3 Å². The van der Waals surface area contributed by atoms with Gasteiger partial charge in [-0.15, -0.1) is 11.3 Å². The van der Waals surface area contributed by atoms with Gasteiger partial charge in [-0.3, -0.25) is 4.79 Å². The Hall–Kier alpha value is -2.58. The number of carbonyl (C=O) groups is 1. The van der Waals surface area contributed by atoms with Gasteiger partial charge in [-0.25, -0.2) is 14.1 Å². The Kier molecular flexibility index (Phi) is 4.06. The summed E-state index contributed by atoms with van der Waals surface area (Å²) >= 11 is 4.65. The summed E-state index contributed by atoms with van der Waals surface area (Å²) in [7, 11) is 0. The molecular formula is C17H10BrFN4OS. The highest BCUT2D eigenvalue weighted by atomic mass is 79.9. The van der Waals surface area contributed by atoms with Crippen LogP contribution in [0.5, 0.6) is 0 Å². The lowest BCUT2D eigenvalue weighted by Crippen LogP contribution is -2.12. The van der Waals surface area contributed by atoms with E-state index in [1.54, 1.807) is 35.3 Å². The van der Waals surface area contributed by atoms with Crippen molar-refractivity contribution in [1.82, 2.24) is 14.8 Å². The molecule has 0 saturated carbocycles. The molecule has 0 aliphatic carbocycles. The molecule has 0 spiro atoms. The number of nitrogens with zero attached hydrogens (tertiary/aromatic N) is 3. The second kappa shape index (κ2) is 6.38. The maximum absolute atomic E-state index is 13.8. The van der Waals surface area contributed by atoms with Crippen LogP contribution in [0.3, 0.4) is 0 Å². The number of carbonyl (C=O) groups excluding carboxylic acids is 1. The van der Waals surface area contributed by atoms with Crippen LogP contribution in [0.25, 0.3) is 15.8 Å². The van der Waals surface area contributed by atoms with Crippen molar-refractivity contribution >= 4 is 48.9 Å². The van der Waals surface area contributed by atoms with Crippen molar-refractivity contribution in [2.45, 2.75) is 0 Å². The number of aromatic nitrogens is 3. The third-order valence-electron chi connectivity index (χ3n) is 3.60. The lowest BCUT2D eigenvalue weighted by atomic mass is 10.2. The van der Waals surface area contributed by atoms with E-state index in [-0.39, 0.29) is 11.7 Å². The van der Waals surface area contributed by atoms with Crippen molar-refractivity contribution in [3.63, 3.8) is 0 Å². The van der Waals surface area contributed by atoms with Gasteiger partial charge in [-0.1, -0.05) is 22.0 Å². The van der Waals surface area contributed by atoms with Gasteiger partial charge in [-0.05, 0) is 36.4 Å². The Bertz CT molecular complexity index is 1080. The monoisotopic (exact) mass is 416 g/mol. The number of halogens is 2. The molecule has 2 heterocycles. The molecule has 0 aliphatic heterocycles. The van der Waals surface area contributed by atoms with Gasteiger partial charge in [-0.2, -0.15) is 5.10 Å². The Balaban J connectivity index is 1.70. The molecular weight excluding hydrogens is 407 g/mol. The van der Waals surface area contributed by atoms with E-state index in [2.05, 4.69) is 31.3 Å². The molecule has 0 atom stereocenters. The fourth-order valence-corrected chi connectivity index (χ4v) is 3.79. The third kappa shape index (κ3) is 3.06. The zero-order chi connectivity index (χ0) is 17.4. The SMILES string of the molecule is O=C(Nc1cc(Br)ccc1-n1cncn1)c1cc2c(F)cccc2s1. The molecule has 0 aliphatic rings. The highest BCUT2D eigenvalue weighted by molar-refractivity contribution is 9.10. The second-order valence-electron chi connectivity index (χ2n) is 5.22. The fourth-order valence-electron chi connectivity index (χ4n) is 2.46. The van der Waals surface area contributed by atoms with Gasteiger partial charge < -0.3 is 5.32 Å². The van der Waals surface area contributed by atoms with Gasteiger partial charge in [0.25, 0.3) is 5.91 Å². The van der Waals surface area contributed by atoms with Gasteiger partial charge >= 0.3 is 0 Å². The summed E-state index contributed by atoms with van der Waals surface area (Å²) in [4.78, 5) is 17.0. The minimum Gasteiger partial charge on any atom is -0.319 e. The summed E-state index contributed by atoms with van der Waals surface area (Å²) in [5.41, 5.74) is 1.25. The van der Waals surface area contributed by atoms with Crippen LogP contribution in [0, 0.1) is 5.82 Å². The first-order valence-electron chi connectivity index (χ1n) is 7.26. The van der Waals surface area contributed by atoms with Gasteiger partial charge in [0.05, 0.1) is 16.3 Å². The van der Waals surface area contributed by atoms with Crippen molar-refractivity contribution in [2.75, 3.05) is 5.32 Å². The molecule has 2 aromatic heterocycles. The molecule has 5 nitrogen and oxygen atoms in total. The summed E-state index contributed by atoms with van der Waals surface area (Å²) < 4.78 is 17.0. The van der Waals surface area contributed by atoms with Crippen LogP contribution in [0.4, 0.5) is 10.1 Å². The number of hydrogen-bond acceptors (Lipinski definition) is 4. The summed E-state index contributed by atoms with van der Waals surface area (Å²) in [6.07, 6.45) is 2.97. The maximum Gasteiger partial charge on any atom is 0.265 e. The quantitative estimate of drug-likeness (QED) is 0.529. The van der Waals surface area contributed by atoms with E-state index in [1.165, 1.54) is 23.7 Å². The van der Waals surface area contributed by atoms with Crippen LogP contribution in [0.15, 0.2) is 59.6 Å². The summed E-state index contributed by atoms with van der Waals surface area (Å²) in [6, 6.07) is 11.8. The molecule has 25 heavy (non-hydrogen) atoms. The summed E-state index contributed by atoms with van der Waals surface area (Å²) in [5.74, 6) is -0.640. The lowest BCUT2D eigenvalue weighted by Gasteiger charge is -2.10. The first-order valence-corrected chi connectivity index (χ1v) is 8.87. The molecule has 0 saturated heterocycles. The number of nitrogens with one attached hydrogen (secondary N) is 1. The van der Waals surface area contributed by atoms with Crippen molar-refractivity contribution in [2.24, 2.45) is 0 Å². The first kappa shape index (κ1) is 15.9. The Morgan fingerprint density at radius 2 is 2.12 bits per heavy atom. The van der Waals surface area contributed by atoms with E-state index in [9.17, 15) is 9.18 Å². The number of benzene rings is 2. The minimum atomic E-state index is -0.335. The summed E-state index contributed by atoms with van der Waals surface area (Å²) in [6.45, 7) is 0. The molecule has 1 N–H and O–H groups in total. The highest BCUT2D eigenvalue weighted by Gasteiger charge is 2.15. The number of hydrogen-bond donors (Lipinski definition) is 1. The van der Waals surface area contributed by atoms with Crippen LogP contribution in [-0.4, -0.2) is 20.7 Å². The second-order valence-corrected chi connectivity index (χ2v) is 7.22. The largest absolute Gasteiger partial charge is 0.319 e. The molecule has 8 heteroatoms. The van der Waals surface area contributed by atoms with Crippen LogP contribution in [-0.2, 0) is 0 Å². The standard InChI is InChI=1S/C17H10BrFN4OS/c18-10-4-5-14(23-9-20-8-21-23)13(6-10)22-17(24)16-7-11-12(19)2-1-3-15(11)25-16/h1-9H,(H,22,24). The number of fused-ring (bicyclic) bond motifs is 1. The van der Waals surface area contributed by atoms with Gasteiger partial charge in [0.15, 0.2) is 0 Å². The Morgan fingerprint density at radius 1 is 1.24 bits per heavy atom. The fraction of sp³-hybridized carbons (Fsp3) is 0. The number of anilines is 1. The van der Waals surface area contributed by atoms with E-state index >= 15 is 0 Å². The normalized spacial score (nSPS) is 11.0. The smallest absolute Gasteiger partial charge is 0.265 e. The number of amides is 1. The van der Waals surface area contributed by atoms with E-state index in [0.29, 0.717) is 21.6 Å². The van der Waals surface area contributed by atoms with Gasteiger partial charge in [0.1, 0.15) is 18.5 Å². The number of rotatable bonds is 3. The van der Waals surface area contributed by atoms with Crippen molar-refractivity contribution < 1.29 is 9.18 Å². The third-order valence-corrected chi connectivity index (χ3v) is 5.20. The van der Waals surface area contributed by atoms with E-state index in [1.807, 2.05) is 12.1 Å². The molecule has 4 rings (SSSR count). The van der Waals surface area contributed by atoms with Crippen molar-refractivity contribution in [1.29, 1.82) is 0 Å². The lowest BCUT2D eigenvalue weighted by molar-refractivity contribution is 0.103. The minimum absolute atomic E-state index is 0.305. The van der Waals surface area contributed by atoms with Crippen LogP contribution in [0.1, 0.15) is 9.67 Å². The number of thiophene rings is 1. The maximum atomic E-state index is 13.8. The predicted molar refractivity (Wildman–Crippen MR) is 98.8 cm³/mol. The zero-order valence-corrected chi connectivity index (χ0v) is 15.0. The van der Waals surface area contributed by atoms with Gasteiger partial charge in [0, 0.05) is 14.6 Å². The average Bonchev–Trinajstić information content (AvgIpc) is 3.25. The molecule has 0 radical (unpaired) electrons. The molecule has 0 bridgehead atoms. The van der Waals surface area contributed by atoms with E-state index < -0.39 is 0 Å². The van der Waals surface area contributed by atoms with Crippen LogP contribution < -0.4 is 5.32 Å². The van der Waals surface area contributed by atoms with E-state index in [4.69, 9.17) is 0 Å². The zero-order valence-electron chi connectivity index (χ0n) is 12.6. The topological polar surface area (TPSA) is 59.8 Å². The predicted octanol–water partition coefficient (Wildman–Crippen LogP) is 4.64. The summed E-state index contributed by atoms with van der Waals surface area (Å²) in [5, 5.41) is 7.41. The molecule has 124 valence electrons. The molecule has 4 aromatic rings. The molecule has 2 aromatic carbocycles. The average molecular weight is 417 g/mol.